The lowest BCUT2D eigenvalue weighted by Gasteiger charge is -2.49. The standard InChI is InChI=1S/C26H43N5O17/c1-7(34)28-11(5-32)19(17(39)12(38)6-33)45-26-16(31-10(4)37)15(30-9(3)36)20(22(48-26)24(43)44)46-25-14(29-8(2)35)13(27)18(40)21(47-25)23(41)42/h11-22,25-26,32-33,38-40H,5-6,27H2,1-4H3,(H,28,34)(H,29,35)(H,30,36)(H,31,37)(H,41,42)(H,43,44)/t11-,12+,13+,14-,15+,16-,17-,18-,19+,20-,21-,22-,25+,26+/m0/s1. The molecule has 48 heavy (non-hydrogen) atoms. The minimum absolute atomic E-state index is 0.737. The van der Waals surface area contributed by atoms with E-state index in [-0.39, 0.29) is 0 Å². The highest BCUT2D eigenvalue weighted by Crippen LogP contribution is 2.31. The van der Waals surface area contributed by atoms with Crippen LogP contribution in [-0.4, -0.2) is 170 Å². The largest absolute Gasteiger partial charge is 0.479 e. The SMILES string of the molecule is CC(=O)N[C@@H]1[C@H](O[C@H]2[C@H](NC(C)=O)[C@H](NC(C)=O)[C@H](O[C@@H]([C@@H](O)[C@H](O)CO)[C@H](CO)NC(C)=O)O[C@@H]2C(=O)O)O[C@H](C(=O)O)[C@@H](O)[C@@H]1N. The van der Waals surface area contributed by atoms with Gasteiger partial charge >= 0.3 is 11.9 Å². The van der Waals surface area contributed by atoms with E-state index in [0.29, 0.717) is 0 Å². The second kappa shape index (κ2) is 17.7. The number of hydrogen-bond acceptors (Lipinski definition) is 16. The summed E-state index contributed by atoms with van der Waals surface area (Å²) >= 11 is 0. The van der Waals surface area contributed by atoms with E-state index in [1.54, 1.807) is 0 Å². The van der Waals surface area contributed by atoms with Crippen LogP contribution in [0.25, 0.3) is 0 Å². The van der Waals surface area contributed by atoms with Crippen LogP contribution in [0.4, 0.5) is 0 Å². The summed E-state index contributed by atoms with van der Waals surface area (Å²) in [5.41, 5.74) is 6.02. The van der Waals surface area contributed by atoms with Gasteiger partial charge in [0.15, 0.2) is 24.8 Å². The molecular formula is C26H43N5O17. The third kappa shape index (κ3) is 10.2. The molecule has 0 aromatic carbocycles. The van der Waals surface area contributed by atoms with Gasteiger partial charge in [-0.3, -0.25) is 19.2 Å². The zero-order valence-electron chi connectivity index (χ0n) is 26.3. The van der Waals surface area contributed by atoms with E-state index in [1.807, 2.05) is 0 Å². The van der Waals surface area contributed by atoms with Gasteiger partial charge in [0, 0.05) is 27.7 Å². The second-order valence-electron chi connectivity index (χ2n) is 11.2. The van der Waals surface area contributed by atoms with Gasteiger partial charge in [-0.15, -0.1) is 0 Å². The molecular weight excluding hydrogens is 654 g/mol. The van der Waals surface area contributed by atoms with E-state index in [4.69, 9.17) is 24.7 Å². The van der Waals surface area contributed by atoms with E-state index < -0.39 is 134 Å². The predicted octanol–water partition coefficient (Wildman–Crippen LogP) is -7.21. The Morgan fingerprint density at radius 1 is 0.750 bits per heavy atom. The topological polar surface area (TPSA) is 355 Å². The van der Waals surface area contributed by atoms with Gasteiger partial charge in [0.25, 0.3) is 0 Å². The minimum atomic E-state index is -2.20. The lowest BCUT2D eigenvalue weighted by atomic mass is 9.91. The van der Waals surface area contributed by atoms with E-state index in [1.165, 1.54) is 0 Å². The first kappa shape index (κ1) is 40.6. The third-order valence-corrected chi connectivity index (χ3v) is 7.39. The number of nitrogens with one attached hydrogen (secondary N) is 4. The van der Waals surface area contributed by atoms with Gasteiger partial charge in [-0.05, 0) is 0 Å². The van der Waals surface area contributed by atoms with Crippen molar-refractivity contribution in [2.45, 2.75) is 113 Å². The summed E-state index contributed by atoms with van der Waals surface area (Å²) in [5, 5.41) is 80.0. The molecule has 0 bridgehead atoms. The van der Waals surface area contributed by atoms with Gasteiger partial charge in [0.05, 0.1) is 37.4 Å². The van der Waals surface area contributed by atoms with Crippen molar-refractivity contribution in [2.24, 2.45) is 5.73 Å². The average Bonchev–Trinajstić information content (AvgIpc) is 2.98. The number of ether oxygens (including phenoxy) is 4. The first-order valence-corrected chi connectivity index (χ1v) is 14.5. The van der Waals surface area contributed by atoms with Gasteiger partial charge in [0.1, 0.15) is 36.6 Å². The van der Waals surface area contributed by atoms with Crippen molar-refractivity contribution in [3.8, 4) is 0 Å². The second-order valence-corrected chi connectivity index (χ2v) is 11.2. The molecule has 2 saturated heterocycles. The third-order valence-electron chi connectivity index (χ3n) is 7.39. The van der Waals surface area contributed by atoms with Gasteiger partial charge in [-0.2, -0.15) is 0 Å². The monoisotopic (exact) mass is 697 g/mol. The van der Waals surface area contributed by atoms with E-state index in [2.05, 4.69) is 21.3 Å². The fraction of sp³-hybridized carbons (Fsp3) is 0.769. The first-order valence-electron chi connectivity index (χ1n) is 14.5. The molecule has 22 heteroatoms. The van der Waals surface area contributed by atoms with Crippen molar-refractivity contribution in [2.75, 3.05) is 13.2 Å². The summed E-state index contributed by atoms with van der Waals surface area (Å²) in [6.07, 6.45) is -17.8. The molecule has 0 aliphatic carbocycles. The van der Waals surface area contributed by atoms with E-state index in [9.17, 15) is 64.5 Å². The van der Waals surface area contributed by atoms with Gasteiger partial charge in [-0.1, -0.05) is 0 Å². The molecule has 2 aliphatic heterocycles. The Morgan fingerprint density at radius 2 is 1.25 bits per heavy atom. The fourth-order valence-electron chi connectivity index (χ4n) is 5.31. The molecule has 0 spiro atoms. The zero-order valence-corrected chi connectivity index (χ0v) is 26.3. The van der Waals surface area contributed by atoms with Crippen molar-refractivity contribution in [1.29, 1.82) is 0 Å². The molecule has 0 aromatic rings. The maximum absolute atomic E-state index is 12.6. The summed E-state index contributed by atoms with van der Waals surface area (Å²) < 4.78 is 22.7. The van der Waals surface area contributed by atoms with Crippen LogP contribution in [0, 0.1) is 0 Å². The fourth-order valence-corrected chi connectivity index (χ4v) is 5.31. The molecule has 0 saturated carbocycles. The maximum Gasteiger partial charge on any atom is 0.335 e. The van der Waals surface area contributed by atoms with Crippen molar-refractivity contribution >= 4 is 35.6 Å². The van der Waals surface area contributed by atoms with Gasteiger partial charge < -0.3 is 81.7 Å². The minimum Gasteiger partial charge on any atom is -0.479 e. The number of carboxylic acid groups (broad SMARTS) is 2. The molecule has 4 amide bonds. The van der Waals surface area contributed by atoms with Crippen LogP contribution >= 0.6 is 0 Å². The van der Waals surface area contributed by atoms with Crippen molar-refractivity contribution in [3.63, 3.8) is 0 Å². The van der Waals surface area contributed by atoms with Gasteiger partial charge in [0.2, 0.25) is 23.6 Å². The quantitative estimate of drug-likeness (QED) is 0.0756. The smallest absolute Gasteiger partial charge is 0.335 e. The van der Waals surface area contributed by atoms with E-state index >= 15 is 0 Å². The van der Waals surface area contributed by atoms with Crippen molar-refractivity contribution < 1.29 is 83.5 Å². The Bertz CT molecular complexity index is 1180. The number of carbonyl (C=O) groups excluding carboxylic acids is 4. The molecule has 2 aliphatic rings. The van der Waals surface area contributed by atoms with Crippen molar-refractivity contribution in [1.82, 2.24) is 21.3 Å². The van der Waals surface area contributed by atoms with E-state index in [0.717, 1.165) is 27.7 Å². The Labute approximate surface area is 272 Å². The number of carbonyl (C=O) groups is 6. The van der Waals surface area contributed by atoms with Crippen LogP contribution in [0.5, 0.6) is 0 Å². The number of hydrogen-bond donors (Lipinski definition) is 12. The highest BCUT2D eigenvalue weighted by atomic mass is 16.7. The molecule has 2 fully saturated rings. The van der Waals surface area contributed by atoms with Crippen LogP contribution < -0.4 is 27.0 Å². The van der Waals surface area contributed by atoms with Crippen LogP contribution in [0.3, 0.4) is 0 Å². The predicted molar refractivity (Wildman–Crippen MR) is 153 cm³/mol. The Kier molecular flexibility index (Phi) is 15.0. The Hall–Kier alpha value is -3.58. The number of aliphatic hydroxyl groups is 5. The number of carboxylic acids is 2. The van der Waals surface area contributed by atoms with Crippen LogP contribution in [-0.2, 0) is 47.7 Å². The average molecular weight is 698 g/mol. The number of aliphatic hydroxyl groups excluding tert-OH is 5. The number of aliphatic carboxylic acids is 2. The van der Waals surface area contributed by atoms with Crippen LogP contribution in [0.1, 0.15) is 27.7 Å². The molecule has 0 aromatic heterocycles. The summed E-state index contributed by atoms with van der Waals surface area (Å²) in [6.45, 7) is 2.16. The Balaban J connectivity index is 2.69. The molecule has 2 rings (SSSR count). The first-order chi connectivity index (χ1) is 22.3. The molecule has 13 N–H and O–H groups in total. The molecule has 0 radical (unpaired) electrons. The van der Waals surface area contributed by atoms with Crippen LogP contribution in [0.15, 0.2) is 0 Å². The zero-order chi connectivity index (χ0) is 36.6. The number of nitrogens with two attached hydrogens (primary N) is 1. The summed E-state index contributed by atoms with van der Waals surface area (Å²) in [6, 6.07) is -7.90. The summed E-state index contributed by atoms with van der Waals surface area (Å²) in [4.78, 5) is 73.1. The molecule has 2 heterocycles. The van der Waals surface area contributed by atoms with Crippen molar-refractivity contribution in [3.05, 3.63) is 0 Å². The number of amides is 4. The summed E-state index contributed by atoms with van der Waals surface area (Å²) in [7, 11) is 0. The highest BCUT2D eigenvalue weighted by Gasteiger charge is 2.56. The molecule has 0 unspecified atom stereocenters. The molecule has 22 nitrogen and oxygen atoms in total. The lowest BCUT2D eigenvalue weighted by molar-refractivity contribution is -0.312. The normalized spacial score (nSPS) is 32.9. The lowest BCUT2D eigenvalue weighted by Crippen LogP contribution is -2.74. The highest BCUT2D eigenvalue weighted by molar-refractivity contribution is 5.77. The maximum atomic E-state index is 12.6. The molecule has 14 atom stereocenters. The molecule has 274 valence electrons. The van der Waals surface area contributed by atoms with Gasteiger partial charge in [-0.25, -0.2) is 9.59 Å². The van der Waals surface area contributed by atoms with Crippen LogP contribution in [0.2, 0.25) is 0 Å². The Morgan fingerprint density at radius 3 is 1.71 bits per heavy atom. The summed E-state index contributed by atoms with van der Waals surface area (Å²) in [5.74, 6) is -6.60. The number of rotatable bonds is 15.